The molecule has 1 fully saturated rings. The molecule has 2 aliphatic heterocycles. The fourth-order valence-corrected chi connectivity index (χ4v) is 5.29. The van der Waals surface area contributed by atoms with Crippen molar-refractivity contribution in [2.75, 3.05) is 31.7 Å². The summed E-state index contributed by atoms with van der Waals surface area (Å²) in [5.74, 6) is -0.759. The van der Waals surface area contributed by atoms with E-state index in [1.54, 1.807) is 12.1 Å². The first-order valence-corrected chi connectivity index (χ1v) is 11.8. The Morgan fingerprint density at radius 2 is 1.82 bits per heavy atom. The number of amides is 1. The molecule has 0 aromatic heterocycles. The summed E-state index contributed by atoms with van der Waals surface area (Å²) >= 11 is 0. The molecule has 2 aromatic rings. The molecule has 4 rings (SSSR count). The van der Waals surface area contributed by atoms with Gasteiger partial charge in [0.2, 0.25) is 10.0 Å². The molecule has 0 unspecified atom stereocenters. The molecule has 10 nitrogen and oxygen atoms in total. The molecule has 0 bridgehead atoms. The lowest BCUT2D eigenvalue weighted by atomic mass is 10.2. The summed E-state index contributed by atoms with van der Waals surface area (Å²) < 4.78 is 43.3. The molecule has 0 radical (unpaired) electrons. The van der Waals surface area contributed by atoms with Crippen molar-refractivity contribution in [3.05, 3.63) is 48.0 Å². The standard InChI is InChI=1S/C22H24N2O8S/c1-14-2-4-15(5-3-14)23-21(26)13-32-22(27)18-10-16(25)12-24(18)33(28,29)17-6-7-19-20(11-17)31-9-8-30-19/h2-7,11,16,18,25H,8-10,12-13H2,1H3,(H,23,26)/t16-,18-/m0/s1. The molecule has 2 N–H and O–H groups in total. The van der Waals surface area contributed by atoms with E-state index in [1.807, 2.05) is 19.1 Å². The largest absolute Gasteiger partial charge is 0.486 e. The van der Waals surface area contributed by atoms with E-state index >= 15 is 0 Å². The van der Waals surface area contributed by atoms with Gasteiger partial charge >= 0.3 is 5.97 Å². The third-order valence-corrected chi connectivity index (χ3v) is 7.18. The van der Waals surface area contributed by atoms with E-state index in [9.17, 15) is 23.1 Å². The molecule has 0 spiro atoms. The smallest absolute Gasteiger partial charge is 0.325 e. The predicted molar refractivity (Wildman–Crippen MR) is 117 cm³/mol. The second-order valence-corrected chi connectivity index (χ2v) is 9.70. The molecule has 1 amide bonds. The van der Waals surface area contributed by atoms with Gasteiger partial charge in [-0.15, -0.1) is 0 Å². The fraction of sp³-hybridized carbons (Fsp3) is 0.364. The van der Waals surface area contributed by atoms with Crippen LogP contribution in [-0.2, 0) is 24.3 Å². The average Bonchev–Trinajstić information content (AvgIpc) is 3.21. The highest BCUT2D eigenvalue weighted by atomic mass is 32.2. The lowest BCUT2D eigenvalue weighted by Crippen LogP contribution is -2.42. The van der Waals surface area contributed by atoms with Gasteiger partial charge in [-0.05, 0) is 31.2 Å². The SMILES string of the molecule is Cc1ccc(NC(=O)COC(=O)[C@@H]2C[C@H](O)CN2S(=O)(=O)c2ccc3c(c2)OCCO3)cc1. The van der Waals surface area contributed by atoms with Gasteiger partial charge in [0, 0.05) is 24.7 Å². The third-order valence-electron chi connectivity index (χ3n) is 5.31. The lowest BCUT2D eigenvalue weighted by molar-refractivity contribution is -0.150. The number of β-amino-alcohol motifs (C(OH)–C–C–N with tert-alkyl or cyclic N) is 1. The van der Waals surface area contributed by atoms with Crippen molar-refractivity contribution in [3.63, 3.8) is 0 Å². The van der Waals surface area contributed by atoms with Crippen LogP contribution in [-0.4, -0.2) is 68.2 Å². The molecule has 2 atom stereocenters. The van der Waals surface area contributed by atoms with E-state index in [0.29, 0.717) is 24.7 Å². The zero-order valence-corrected chi connectivity index (χ0v) is 18.7. The van der Waals surface area contributed by atoms with Gasteiger partial charge in [-0.2, -0.15) is 4.31 Å². The van der Waals surface area contributed by atoms with Gasteiger partial charge in [-0.1, -0.05) is 17.7 Å². The van der Waals surface area contributed by atoms with Crippen LogP contribution in [0.5, 0.6) is 11.5 Å². The number of ether oxygens (including phenoxy) is 3. The van der Waals surface area contributed by atoms with Crippen LogP contribution >= 0.6 is 0 Å². The topological polar surface area (TPSA) is 131 Å². The number of anilines is 1. The first kappa shape index (κ1) is 23.0. The first-order chi connectivity index (χ1) is 15.7. The monoisotopic (exact) mass is 476 g/mol. The summed E-state index contributed by atoms with van der Waals surface area (Å²) in [5, 5.41) is 12.7. The average molecular weight is 477 g/mol. The van der Waals surface area contributed by atoms with Crippen LogP contribution in [0, 0.1) is 6.92 Å². The molecule has 2 aliphatic rings. The number of hydrogen-bond donors (Lipinski definition) is 2. The van der Waals surface area contributed by atoms with Gasteiger partial charge in [0.1, 0.15) is 19.3 Å². The van der Waals surface area contributed by atoms with E-state index in [4.69, 9.17) is 14.2 Å². The number of esters is 1. The molecule has 0 saturated carbocycles. The first-order valence-electron chi connectivity index (χ1n) is 10.4. The summed E-state index contributed by atoms with van der Waals surface area (Å²) in [5.41, 5.74) is 1.57. The molecular formula is C22H24N2O8S. The quantitative estimate of drug-likeness (QED) is 0.592. The van der Waals surface area contributed by atoms with Crippen LogP contribution in [0.3, 0.4) is 0 Å². The predicted octanol–water partition coefficient (Wildman–Crippen LogP) is 1.07. The molecule has 2 heterocycles. The second kappa shape index (κ2) is 9.38. The highest BCUT2D eigenvalue weighted by Gasteiger charge is 2.44. The number of hydrogen-bond acceptors (Lipinski definition) is 8. The van der Waals surface area contributed by atoms with E-state index in [1.165, 1.54) is 18.2 Å². The van der Waals surface area contributed by atoms with Crippen LogP contribution in [0.4, 0.5) is 5.69 Å². The number of carbonyl (C=O) groups excluding carboxylic acids is 2. The minimum absolute atomic E-state index is 0.101. The fourth-order valence-electron chi connectivity index (χ4n) is 3.65. The maximum absolute atomic E-state index is 13.2. The number of carbonyl (C=O) groups is 2. The van der Waals surface area contributed by atoms with Crippen molar-refractivity contribution >= 4 is 27.6 Å². The number of aliphatic hydroxyl groups excluding tert-OH is 1. The maximum atomic E-state index is 13.2. The zero-order chi connectivity index (χ0) is 23.6. The zero-order valence-electron chi connectivity index (χ0n) is 17.9. The number of nitrogens with one attached hydrogen (secondary N) is 1. The third kappa shape index (κ3) is 5.10. The number of nitrogens with zero attached hydrogens (tertiary/aromatic N) is 1. The Morgan fingerprint density at radius 1 is 1.12 bits per heavy atom. The number of sulfonamides is 1. The van der Waals surface area contributed by atoms with E-state index in [0.717, 1.165) is 9.87 Å². The molecule has 0 aliphatic carbocycles. The van der Waals surface area contributed by atoms with Gasteiger partial charge in [-0.3, -0.25) is 9.59 Å². The Morgan fingerprint density at radius 3 is 2.55 bits per heavy atom. The normalized spacial score (nSPS) is 20.3. The Balaban J connectivity index is 1.43. The summed E-state index contributed by atoms with van der Waals surface area (Å²) in [6.45, 7) is 1.71. The van der Waals surface area contributed by atoms with Crippen LogP contribution in [0.2, 0.25) is 0 Å². The highest BCUT2D eigenvalue weighted by Crippen LogP contribution is 2.35. The number of aliphatic hydroxyl groups is 1. The van der Waals surface area contributed by atoms with Gasteiger partial charge in [-0.25, -0.2) is 8.42 Å². The van der Waals surface area contributed by atoms with E-state index in [-0.39, 0.29) is 23.6 Å². The van der Waals surface area contributed by atoms with Gasteiger partial charge < -0.3 is 24.6 Å². The van der Waals surface area contributed by atoms with Crippen molar-refractivity contribution in [3.8, 4) is 11.5 Å². The van der Waals surface area contributed by atoms with Crippen molar-refractivity contribution in [2.45, 2.75) is 30.4 Å². The van der Waals surface area contributed by atoms with E-state index in [2.05, 4.69) is 5.32 Å². The van der Waals surface area contributed by atoms with Crippen molar-refractivity contribution in [1.29, 1.82) is 0 Å². The summed E-state index contributed by atoms with van der Waals surface area (Å²) in [6, 6.07) is 9.97. The van der Waals surface area contributed by atoms with Crippen LogP contribution < -0.4 is 14.8 Å². The number of fused-ring (bicyclic) bond motifs is 1. The summed E-state index contributed by atoms with van der Waals surface area (Å²) in [7, 11) is -4.15. The Kier molecular flexibility index (Phi) is 6.54. The van der Waals surface area contributed by atoms with Crippen LogP contribution in [0.1, 0.15) is 12.0 Å². The maximum Gasteiger partial charge on any atom is 0.325 e. The van der Waals surface area contributed by atoms with Gasteiger partial charge in [0.05, 0.1) is 11.0 Å². The van der Waals surface area contributed by atoms with Gasteiger partial charge in [0.15, 0.2) is 18.1 Å². The molecule has 2 aromatic carbocycles. The number of aryl methyl sites for hydroxylation is 1. The molecule has 176 valence electrons. The minimum Gasteiger partial charge on any atom is -0.486 e. The summed E-state index contributed by atoms with van der Waals surface area (Å²) in [6.07, 6.45) is -1.18. The molecular weight excluding hydrogens is 452 g/mol. The van der Waals surface area contributed by atoms with Crippen molar-refractivity contribution < 1.29 is 37.3 Å². The number of rotatable bonds is 6. The minimum atomic E-state index is -4.15. The Hall–Kier alpha value is -3.15. The molecule has 33 heavy (non-hydrogen) atoms. The number of benzene rings is 2. The summed E-state index contributed by atoms with van der Waals surface area (Å²) in [4.78, 5) is 24.7. The van der Waals surface area contributed by atoms with Gasteiger partial charge in [0.25, 0.3) is 5.91 Å². The van der Waals surface area contributed by atoms with Crippen molar-refractivity contribution in [1.82, 2.24) is 4.31 Å². The molecule has 1 saturated heterocycles. The van der Waals surface area contributed by atoms with Crippen molar-refractivity contribution in [2.24, 2.45) is 0 Å². The molecule has 11 heteroatoms. The lowest BCUT2D eigenvalue weighted by Gasteiger charge is -2.24. The van der Waals surface area contributed by atoms with Crippen LogP contribution in [0.25, 0.3) is 0 Å². The van der Waals surface area contributed by atoms with E-state index < -0.39 is 40.7 Å². The Bertz CT molecular complexity index is 1150. The van der Waals surface area contributed by atoms with Crippen LogP contribution in [0.15, 0.2) is 47.4 Å². The Labute approximate surface area is 191 Å². The second-order valence-electron chi connectivity index (χ2n) is 7.81. The highest BCUT2D eigenvalue weighted by molar-refractivity contribution is 7.89.